The third kappa shape index (κ3) is 4.70. The summed E-state index contributed by atoms with van der Waals surface area (Å²) < 4.78 is 15.4. The second-order valence-corrected chi connectivity index (χ2v) is 6.73. The summed E-state index contributed by atoms with van der Waals surface area (Å²) in [5, 5.41) is 1.90. The van der Waals surface area contributed by atoms with E-state index in [0.29, 0.717) is 57.1 Å². The molecule has 0 fully saturated rings. The summed E-state index contributed by atoms with van der Waals surface area (Å²) >= 11 is 1.45. The van der Waals surface area contributed by atoms with E-state index < -0.39 is 0 Å². The van der Waals surface area contributed by atoms with Crippen LogP contribution in [0, 0.1) is 0 Å². The number of hydrogen-bond acceptors (Lipinski definition) is 7. The normalized spacial score (nSPS) is 14.7. The number of hydrogen-bond donors (Lipinski definition) is 0. The molecule has 0 saturated carbocycles. The second kappa shape index (κ2) is 10.4. The van der Waals surface area contributed by atoms with Crippen molar-refractivity contribution in [2.75, 3.05) is 60.8 Å². The van der Waals surface area contributed by atoms with Crippen LogP contribution < -0.4 is 0 Å². The minimum atomic E-state index is -0.262. The molecule has 0 unspecified atom stereocenters. The fourth-order valence-corrected chi connectivity index (χ4v) is 3.57. The fourth-order valence-electron chi connectivity index (χ4n) is 2.81. The van der Waals surface area contributed by atoms with Crippen molar-refractivity contribution < 1.29 is 23.8 Å². The van der Waals surface area contributed by atoms with Crippen LogP contribution in [0.5, 0.6) is 0 Å². The quantitative estimate of drug-likeness (QED) is 0.403. The minimum absolute atomic E-state index is 0.247. The molecular formula is C18H26N2O5S. The van der Waals surface area contributed by atoms with Gasteiger partial charge in [0.1, 0.15) is 5.70 Å². The molecule has 1 aliphatic rings. The predicted octanol–water partition coefficient (Wildman–Crippen LogP) is 1.46. The van der Waals surface area contributed by atoms with Crippen molar-refractivity contribution in [3.8, 4) is 0 Å². The maximum absolute atomic E-state index is 13.1. The smallest absolute Gasteiger partial charge is 0.277 e. The largest absolute Gasteiger partial charge is 0.385 e. The van der Waals surface area contributed by atoms with Crippen molar-refractivity contribution >= 4 is 28.7 Å². The average Bonchev–Trinajstić information content (AvgIpc) is 3.24. The third-order valence-electron chi connectivity index (χ3n) is 4.09. The zero-order chi connectivity index (χ0) is 18.9. The summed E-state index contributed by atoms with van der Waals surface area (Å²) in [4.78, 5) is 30.1. The Morgan fingerprint density at radius 1 is 1.00 bits per heavy atom. The van der Waals surface area contributed by atoms with Crippen molar-refractivity contribution in [2.45, 2.75) is 6.42 Å². The monoisotopic (exact) mass is 382 g/mol. The number of rotatable bonds is 12. The molecule has 144 valence electrons. The van der Waals surface area contributed by atoms with E-state index >= 15 is 0 Å². The molecule has 2 amide bonds. The number of methoxy groups -OCH3 is 3. The van der Waals surface area contributed by atoms with Crippen molar-refractivity contribution in [1.29, 1.82) is 0 Å². The molecular weight excluding hydrogens is 356 g/mol. The summed E-state index contributed by atoms with van der Waals surface area (Å²) in [6.07, 6.45) is 0.606. The van der Waals surface area contributed by atoms with Crippen LogP contribution in [0.1, 0.15) is 11.3 Å². The molecule has 0 spiro atoms. The van der Waals surface area contributed by atoms with Crippen molar-refractivity contribution in [3.05, 3.63) is 28.1 Å². The van der Waals surface area contributed by atoms with E-state index in [1.807, 2.05) is 22.4 Å². The van der Waals surface area contributed by atoms with Crippen molar-refractivity contribution in [1.82, 2.24) is 9.80 Å². The van der Waals surface area contributed by atoms with E-state index in [1.54, 1.807) is 21.3 Å². The van der Waals surface area contributed by atoms with Crippen LogP contribution in [-0.2, 0) is 23.8 Å². The molecule has 2 heterocycles. The van der Waals surface area contributed by atoms with Gasteiger partial charge in [-0.2, -0.15) is 0 Å². The molecule has 2 rings (SSSR count). The van der Waals surface area contributed by atoms with Crippen LogP contribution in [0.25, 0.3) is 5.57 Å². The van der Waals surface area contributed by atoms with Gasteiger partial charge in [-0.3, -0.25) is 14.5 Å². The zero-order valence-electron chi connectivity index (χ0n) is 15.5. The first-order chi connectivity index (χ1) is 12.7. The number of nitrogens with zero attached hydrogens (tertiary/aromatic N) is 2. The lowest BCUT2D eigenvalue weighted by Crippen LogP contribution is -2.38. The van der Waals surface area contributed by atoms with Gasteiger partial charge in [0.15, 0.2) is 0 Å². The molecule has 1 aliphatic heterocycles. The van der Waals surface area contributed by atoms with Gasteiger partial charge in [0, 0.05) is 52.4 Å². The molecule has 0 radical (unpaired) electrons. The molecule has 0 N–H and O–H groups in total. The molecule has 0 bridgehead atoms. The topological polar surface area (TPSA) is 68.3 Å². The zero-order valence-corrected chi connectivity index (χ0v) is 16.3. The molecule has 7 nitrogen and oxygen atoms in total. The fraction of sp³-hybridized carbons (Fsp3) is 0.556. The maximum atomic E-state index is 13.1. The summed E-state index contributed by atoms with van der Waals surface area (Å²) in [6, 6.07) is 3.75. The lowest BCUT2D eigenvalue weighted by molar-refractivity contribution is -0.137. The number of imide groups is 1. The van der Waals surface area contributed by atoms with Crippen molar-refractivity contribution in [2.24, 2.45) is 0 Å². The van der Waals surface area contributed by atoms with Gasteiger partial charge in [-0.25, -0.2) is 0 Å². The first kappa shape index (κ1) is 20.6. The summed E-state index contributed by atoms with van der Waals surface area (Å²) in [7, 11) is 4.83. The summed E-state index contributed by atoms with van der Waals surface area (Å²) in [5.74, 6) is -0.509. The Morgan fingerprint density at radius 2 is 1.65 bits per heavy atom. The summed E-state index contributed by atoms with van der Waals surface area (Å²) in [6.45, 7) is 2.76. The number of amides is 2. The summed E-state index contributed by atoms with van der Waals surface area (Å²) in [5.41, 5.74) is 0.901. The van der Waals surface area contributed by atoms with Crippen molar-refractivity contribution in [3.63, 3.8) is 0 Å². The third-order valence-corrected chi connectivity index (χ3v) is 4.98. The van der Waals surface area contributed by atoms with Crippen LogP contribution in [0.4, 0.5) is 0 Å². The Kier molecular flexibility index (Phi) is 8.24. The maximum Gasteiger partial charge on any atom is 0.277 e. The Hall–Kier alpha value is -1.74. The lowest BCUT2D eigenvalue weighted by atomic mass is 10.1. The van der Waals surface area contributed by atoms with E-state index in [4.69, 9.17) is 14.2 Å². The SMILES string of the molecule is COCCCN1C(=O)C(c2cccs2)=C(N(CCOC)CCOC)C1=O. The standard InChI is InChI=1S/C18H26N2O5S/c1-23-10-5-7-20-17(21)15(14-6-4-13-26-14)16(18(20)22)19(8-11-24-2)9-12-25-3/h4,6,13H,5,7-12H2,1-3H3. The molecule has 1 aromatic rings. The van der Waals surface area contributed by atoms with Gasteiger partial charge in [0.2, 0.25) is 0 Å². The van der Waals surface area contributed by atoms with Crippen LogP contribution in [0.15, 0.2) is 23.2 Å². The molecule has 0 atom stereocenters. The number of ether oxygens (including phenoxy) is 3. The molecule has 8 heteroatoms. The van der Waals surface area contributed by atoms with E-state index in [9.17, 15) is 9.59 Å². The van der Waals surface area contributed by atoms with Gasteiger partial charge >= 0.3 is 0 Å². The first-order valence-electron chi connectivity index (χ1n) is 8.51. The van der Waals surface area contributed by atoms with E-state index in [2.05, 4.69) is 0 Å². The van der Waals surface area contributed by atoms with Crippen LogP contribution in [0.3, 0.4) is 0 Å². The second-order valence-electron chi connectivity index (χ2n) is 5.78. The number of thiophene rings is 1. The minimum Gasteiger partial charge on any atom is -0.385 e. The van der Waals surface area contributed by atoms with Gasteiger partial charge in [-0.05, 0) is 17.9 Å². The Morgan fingerprint density at radius 3 is 2.19 bits per heavy atom. The molecule has 26 heavy (non-hydrogen) atoms. The van der Waals surface area contributed by atoms with Gasteiger partial charge in [-0.15, -0.1) is 11.3 Å². The highest BCUT2D eigenvalue weighted by Gasteiger charge is 2.41. The molecule has 0 aliphatic carbocycles. The number of carbonyl (C=O) groups is 2. The van der Waals surface area contributed by atoms with E-state index in [0.717, 1.165) is 4.88 Å². The molecule has 0 saturated heterocycles. The van der Waals surface area contributed by atoms with Gasteiger partial charge in [-0.1, -0.05) is 6.07 Å². The van der Waals surface area contributed by atoms with Crippen LogP contribution >= 0.6 is 11.3 Å². The first-order valence-corrected chi connectivity index (χ1v) is 9.39. The lowest BCUT2D eigenvalue weighted by Gasteiger charge is -2.25. The van der Waals surface area contributed by atoms with Gasteiger partial charge in [0.05, 0.1) is 18.8 Å². The highest BCUT2D eigenvalue weighted by atomic mass is 32.1. The predicted molar refractivity (Wildman–Crippen MR) is 99.8 cm³/mol. The van der Waals surface area contributed by atoms with Crippen LogP contribution in [0.2, 0.25) is 0 Å². The van der Waals surface area contributed by atoms with E-state index in [1.165, 1.54) is 16.2 Å². The number of carbonyl (C=O) groups excluding carboxylic acids is 2. The molecule has 0 aromatic carbocycles. The Balaban J connectivity index is 2.36. The van der Waals surface area contributed by atoms with Gasteiger partial charge < -0.3 is 19.1 Å². The highest BCUT2D eigenvalue weighted by molar-refractivity contribution is 7.11. The van der Waals surface area contributed by atoms with E-state index in [-0.39, 0.29) is 11.8 Å². The Bertz CT molecular complexity index is 622. The Labute approximate surface area is 158 Å². The highest BCUT2D eigenvalue weighted by Crippen LogP contribution is 2.33. The van der Waals surface area contributed by atoms with Crippen LogP contribution in [-0.4, -0.2) is 82.4 Å². The molecule has 1 aromatic heterocycles. The van der Waals surface area contributed by atoms with Gasteiger partial charge in [0.25, 0.3) is 11.8 Å². The average molecular weight is 382 g/mol.